The van der Waals surface area contributed by atoms with Crippen molar-refractivity contribution in [1.29, 1.82) is 0 Å². The zero-order chi connectivity index (χ0) is 9.59. The third-order valence-corrected chi connectivity index (χ3v) is 1.99. The first-order valence-corrected chi connectivity index (χ1v) is 3.78. The minimum Gasteiger partial charge on any atom is -0.751 e. The first-order valence-electron chi connectivity index (χ1n) is 3.78. The maximum Gasteiger partial charge on any atom is 0.288 e. The maximum atomic E-state index is 11.2. The zero-order valence-electron chi connectivity index (χ0n) is 6.90. The van der Waals surface area contributed by atoms with Crippen LogP contribution in [0.15, 0.2) is 18.2 Å². The van der Waals surface area contributed by atoms with E-state index in [9.17, 15) is 14.8 Å². The Morgan fingerprint density at radius 3 is 2.69 bits per heavy atom. The van der Waals surface area contributed by atoms with Gasteiger partial charge in [0.1, 0.15) is 0 Å². The molecule has 0 atom stereocenters. The van der Waals surface area contributed by atoms with Crippen LogP contribution in [0.25, 0.3) is 0 Å². The van der Waals surface area contributed by atoms with E-state index in [0.29, 0.717) is 0 Å². The molecule has 0 radical (unpaired) electrons. The highest BCUT2D eigenvalue weighted by molar-refractivity contribution is 6.52. The number of rotatable bonds is 0. The van der Waals surface area contributed by atoms with Crippen molar-refractivity contribution in [2.45, 2.75) is 6.92 Å². The number of fused-ring (bicyclic) bond motifs is 1. The zero-order valence-corrected chi connectivity index (χ0v) is 6.90. The van der Waals surface area contributed by atoms with Gasteiger partial charge >= 0.3 is 0 Å². The van der Waals surface area contributed by atoms with Crippen molar-refractivity contribution in [3.8, 4) is 0 Å². The quantitative estimate of drug-likeness (QED) is 0.554. The van der Waals surface area contributed by atoms with Crippen LogP contribution in [0.1, 0.15) is 15.9 Å². The minimum absolute atomic E-state index is 0.136. The summed E-state index contributed by atoms with van der Waals surface area (Å²) in [5.74, 6) is -1.71. The van der Waals surface area contributed by atoms with Gasteiger partial charge in [0, 0.05) is 5.69 Å². The number of hydroxylamine groups is 1. The number of aryl methyl sites for hydroxylation is 1. The summed E-state index contributed by atoms with van der Waals surface area (Å²) >= 11 is 0. The SMILES string of the molecule is Cc1ccc2c(c1)C(=O)C(=O)N2[O-]. The average Bonchev–Trinajstić information content (AvgIpc) is 2.32. The Balaban J connectivity index is 2.67. The summed E-state index contributed by atoms with van der Waals surface area (Å²) in [4.78, 5) is 22.1. The Morgan fingerprint density at radius 2 is 2.00 bits per heavy atom. The topological polar surface area (TPSA) is 60.4 Å². The molecule has 0 spiro atoms. The monoisotopic (exact) mass is 176 g/mol. The highest BCUT2D eigenvalue weighted by Crippen LogP contribution is 2.28. The number of ketones is 1. The highest BCUT2D eigenvalue weighted by atomic mass is 16.5. The van der Waals surface area contributed by atoms with Gasteiger partial charge < -0.3 is 10.3 Å². The number of benzene rings is 1. The molecule has 2 rings (SSSR count). The first kappa shape index (κ1) is 7.94. The molecule has 0 unspecified atom stereocenters. The number of amides is 1. The molecule has 1 aliphatic heterocycles. The van der Waals surface area contributed by atoms with Gasteiger partial charge in [-0.25, -0.2) is 0 Å². The van der Waals surface area contributed by atoms with E-state index in [1.165, 1.54) is 6.07 Å². The molecule has 1 aliphatic rings. The largest absolute Gasteiger partial charge is 0.751 e. The van der Waals surface area contributed by atoms with E-state index in [0.717, 1.165) is 5.56 Å². The van der Waals surface area contributed by atoms with E-state index in [2.05, 4.69) is 0 Å². The van der Waals surface area contributed by atoms with Crippen molar-refractivity contribution >= 4 is 17.4 Å². The molecule has 4 nitrogen and oxygen atoms in total. The fraction of sp³-hybridized carbons (Fsp3) is 0.111. The number of anilines is 1. The molecule has 0 bridgehead atoms. The van der Waals surface area contributed by atoms with Crippen molar-refractivity contribution in [2.75, 3.05) is 5.06 Å². The van der Waals surface area contributed by atoms with Crippen molar-refractivity contribution in [3.05, 3.63) is 34.5 Å². The number of hydrogen-bond donors (Lipinski definition) is 0. The molecule has 0 saturated carbocycles. The van der Waals surface area contributed by atoms with Crippen LogP contribution in [0.4, 0.5) is 5.69 Å². The summed E-state index contributed by atoms with van der Waals surface area (Å²) in [5.41, 5.74) is 1.22. The lowest BCUT2D eigenvalue weighted by atomic mass is 10.1. The van der Waals surface area contributed by atoms with Crippen LogP contribution in [0.2, 0.25) is 0 Å². The molecule has 66 valence electrons. The summed E-state index contributed by atoms with van der Waals surface area (Å²) in [6.45, 7) is 1.80. The van der Waals surface area contributed by atoms with Gasteiger partial charge in [0.15, 0.2) is 0 Å². The summed E-state index contributed by atoms with van der Waals surface area (Å²) in [5, 5.41) is 11.2. The molecule has 4 heteroatoms. The summed E-state index contributed by atoms with van der Waals surface area (Å²) in [6, 6.07) is 4.73. The van der Waals surface area contributed by atoms with Crippen LogP contribution in [-0.4, -0.2) is 11.7 Å². The van der Waals surface area contributed by atoms with Gasteiger partial charge in [-0.3, -0.25) is 9.59 Å². The molecule has 0 fully saturated rings. The Hall–Kier alpha value is -1.68. The smallest absolute Gasteiger partial charge is 0.288 e. The van der Waals surface area contributed by atoms with Crippen LogP contribution in [0.3, 0.4) is 0 Å². The van der Waals surface area contributed by atoms with E-state index in [4.69, 9.17) is 0 Å². The standard InChI is InChI=1S/C9H6NO3/c1-5-2-3-7-6(4-5)8(11)9(12)10(7)13/h2-4H,1H3/q-1. The second-order valence-corrected chi connectivity index (χ2v) is 2.95. The predicted octanol–water partition coefficient (Wildman–Crippen LogP) is 1.02. The molecule has 0 aromatic heterocycles. The second kappa shape index (κ2) is 2.40. The van der Waals surface area contributed by atoms with Gasteiger partial charge in [-0.05, 0) is 19.1 Å². The Kier molecular flexibility index (Phi) is 1.47. The maximum absolute atomic E-state index is 11.2. The molecule has 1 aromatic rings. The molecule has 1 aromatic carbocycles. The first-order chi connectivity index (χ1) is 6.11. The molecule has 0 saturated heterocycles. The van der Waals surface area contributed by atoms with E-state index in [-0.39, 0.29) is 16.3 Å². The second-order valence-electron chi connectivity index (χ2n) is 2.95. The lowest BCUT2D eigenvalue weighted by Crippen LogP contribution is -2.22. The summed E-state index contributed by atoms with van der Waals surface area (Å²) < 4.78 is 0. The molecule has 0 N–H and O–H groups in total. The Labute approximate surface area is 74.4 Å². The van der Waals surface area contributed by atoms with Crippen LogP contribution >= 0.6 is 0 Å². The number of Topliss-reactive ketones (excluding diaryl/α,β-unsaturated/α-hetero) is 1. The minimum atomic E-state index is -0.999. The Bertz CT molecular complexity index is 411. The fourth-order valence-corrected chi connectivity index (χ4v) is 1.33. The number of carbonyl (C=O) groups excluding carboxylic acids is 2. The molecule has 1 heterocycles. The normalized spacial score (nSPS) is 15.1. The van der Waals surface area contributed by atoms with Crippen LogP contribution in [0.5, 0.6) is 0 Å². The number of nitrogens with zero attached hydrogens (tertiary/aromatic N) is 1. The van der Waals surface area contributed by atoms with Crippen LogP contribution < -0.4 is 5.06 Å². The van der Waals surface area contributed by atoms with Crippen molar-refractivity contribution in [1.82, 2.24) is 0 Å². The third kappa shape index (κ3) is 0.957. The van der Waals surface area contributed by atoms with Crippen LogP contribution in [0, 0.1) is 12.1 Å². The van der Waals surface area contributed by atoms with Crippen molar-refractivity contribution in [2.24, 2.45) is 0 Å². The molecular weight excluding hydrogens is 170 g/mol. The fourth-order valence-electron chi connectivity index (χ4n) is 1.33. The van der Waals surface area contributed by atoms with Gasteiger partial charge in [0.2, 0.25) is 0 Å². The van der Waals surface area contributed by atoms with Crippen molar-refractivity contribution < 1.29 is 9.59 Å². The van der Waals surface area contributed by atoms with E-state index in [1.807, 2.05) is 0 Å². The number of hydrogen-bond acceptors (Lipinski definition) is 3. The van der Waals surface area contributed by atoms with E-state index < -0.39 is 11.7 Å². The summed E-state index contributed by atoms with van der Waals surface area (Å²) in [7, 11) is 0. The number of carbonyl (C=O) groups is 2. The predicted molar refractivity (Wildman–Crippen MR) is 46.4 cm³/mol. The van der Waals surface area contributed by atoms with E-state index in [1.54, 1.807) is 19.1 Å². The lowest BCUT2D eigenvalue weighted by molar-refractivity contribution is -0.113. The molecular formula is C9H6NO3-. The lowest BCUT2D eigenvalue weighted by Gasteiger charge is -2.21. The van der Waals surface area contributed by atoms with Gasteiger partial charge in [-0.2, -0.15) is 0 Å². The summed E-state index contributed by atoms with van der Waals surface area (Å²) in [6.07, 6.45) is 0. The molecule has 1 amide bonds. The average molecular weight is 176 g/mol. The van der Waals surface area contributed by atoms with Crippen molar-refractivity contribution in [3.63, 3.8) is 0 Å². The third-order valence-electron chi connectivity index (χ3n) is 1.99. The van der Waals surface area contributed by atoms with Gasteiger partial charge in [0.25, 0.3) is 11.7 Å². The molecule has 13 heavy (non-hydrogen) atoms. The highest BCUT2D eigenvalue weighted by Gasteiger charge is 2.29. The van der Waals surface area contributed by atoms with Gasteiger partial charge in [0.05, 0.1) is 5.56 Å². The molecule has 0 aliphatic carbocycles. The van der Waals surface area contributed by atoms with E-state index >= 15 is 0 Å². The van der Waals surface area contributed by atoms with Gasteiger partial charge in [-0.1, -0.05) is 11.6 Å². The Morgan fingerprint density at radius 1 is 1.31 bits per heavy atom. The van der Waals surface area contributed by atoms with Crippen LogP contribution in [-0.2, 0) is 4.79 Å². The van der Waals surface area contributed by atoms with Gasteiger partial charge in [-0.15, -0.1) is 0 Å².